The van der Waals surface area contributed by atoms with E-state index in [0.717, 1.165) is 32.1 Å². The Morgan fingerprint density at radius 1 is 0.806 bits per heavy atom. The lowest BCUT2D eigenvalue weighted by Gasteiger charge is -2.20. The summed E-state index contributed by atoms with van der Waals surface area (Å²) in [5.41, 5.74) is 0. The van der Waals surface area contributed by atoms with Gasteiger partial charge in [-0.3, -0.25) is 4.79 Å². The highest BCUT2D eigenvalue weighted by atomic mass is 16.3. The molecular formula is C26H47NO4. The largest absolute Gasteiger partial charge is 0.394 e. The third-order valence-electron chi connectivity index (χ3n) is 5.15. The van der Waals surface area contributed by atoms with E-state index in [2.05, 4.69) is 37.4 Å². The van der Waals surface area contributed by atoms with Gasteiger partial charge in [0.05, 0.1) is 31.3 Å². The standard InChI is InChI=1S/C26H47NO4/c1-3-5-7-9-11-12-14-16-18-20-25(30)24(22-28)27-26(31)21-23(29)19-17-15-13-10-8-6-4-2/h11-12,15,17-18,20,23-25,28-30H,3-10,13-14,16,19,21-22H2,1-2H3,(H,27,31)/b12-11+,17-15-,20-18+. The molecule has 0 aromatic heterocycles. The number of allylic oxidation sites excluding steroid dienone is 4. The molecule has 0 heterocycles. The van der Waals surface area contributed by atoms with Crippen LogP contribution in [0, 0.1) is 0 Å². The van der Waals surface area contributed by atoms with Crippen LogP contribution in [0.1, 0.15) is 97.3 Å². The molecule has 1 amide bonds. The van der Waals surface area contributed by atoms with E-state index < -0.39 is 18.2 Å². The number of unbranched alkanes of at least 4 members (excludes halogenated alkanes) is 8. The van der Waals surface area contributed by atoms with Crippen molar-refractivity contribution in [2.24, 2.45) is 0 Å². The van der Waals surface area contributed by atoms with E-state index in [9.17, 15) is 20.1 Å². The molecule has 4 N–H and O–H groups in total. The minimum absolute atomic E-state index is 0.0457. The summed E-state index contributed by atoms with van der Waals surface area (Å²) in [5.74, 6) is -0.370. The Labute approximate surface area is 190 Å². The molecule has 5 heteroatoms. The van der Waals surface area contributed by atoms with Gasteiger partial charge in [-0.1, -0.05) is 82.4 Å². The number of hydrogen-bond donors (Lipinski definition) is 4. The van der Waals surface area contributed by atoms with Crippen molar-refractivity contribution in [3.8, 4) is 0 Å². The van der Waals surface area contributed by atoms with E-state index in [0.29, 0.717) is 6.42 Å². The molecule has 0 rings (SSSR count). The Kier molecular flexibility index (Phi) is 20.8. The third-order valence-corrected chi connectivity index (χ3v) is 5.15. The summed E-state index contributed by atoms with van der Waals surface area (Å²) in [6.07, 6.45) is 22.9. The second-order valence-corrected chi connectivity index (χ2v) is 8.23. The molecule has 0 aliphatic carbocycles. The maximum atomic E-state index is 12.1. The van der Waals surface area contributed by atoms with Crippen LogP contribution in [0.4, 0.5) is 0 Å². The van der Waals surface area contributed by atoms with Crippen LogP contribution in [-0.2, 0) is 4.79 Å². The number of hydrogen-bond acceptors (Lipinski definition) is 4. The average molecular weight is 438 g/mol. The lowest BCUT2D eigenvalue weighted by Crippen LogP contribution is -2.45. The molecule has 0 aromatic rings. The van der Waals surface area contributed by atoms with Gasteiger partial charge in [-0.2, -0.15) is 0 Å². The van der Waals surface area contributed by atoms with Crippen molar-refractivity contribution in [3.05, 3.63) is 36.5 Å². The fourth-order valence-electron chi connectivity index (χ4n) is 3.17. The van der Waals surface area contributed by atoms with Crippen molar-refractivity contribution in [1.29, 1.82) is 0 Å². The molecule has 3 unspecified atom stereocenters. The number of rotatable bonds is 20. The maximum absolute atomic E-state index is 12.1. The van der Waals surface area contributed by atoms with Crippen LogP contribution >= 0.6 is 0 Å². The van der Waals surface area contributed by atoms with Crippen molar-refractivity contribution in [3.63, 3.8) is 0 Å². The normalized spacial score (nSPS) is 15.1. The van der Waals surface area contributed by atoms with Gasteiger partial charge in [0, 0.05) is 0 Å². The highest BCUT2D eigenvalue weighted by Crippen LogP contribution is 2.06. The zero-order chi connectivity index (χ0) is 23.2. The van der Waals surface area contributed by atoms with Crippen LogP contribution in [0.5, 0.6) is 0 Å². The SMILES string of the molecule is CCCCC/C=C/CC/C=C/C(O)C(CO)NC(=O)CC(O)C/C=C\CCCCCC. The van der Waals surface area contributed by atoms with Crippen molar-refractivity contribution < 1.29 is 20.1 Å². The van der Waals surface area contributed by atoms with E-state index >= 15 is 0 Å². The molecule has 0 fully saturated rings. The highest BCUT2D eigenvalue weighted by molar-refractivity contribution is 5.76. The molecular weight excluding hydrogens is 390 g/mol. The molecule has 0 saturated carbocycles. The third kappa shape index (κ3) is 19.0. The predicted molar refractivity (Wildman–Crippen MR) is 130 cm³/mol. The summed E-state index contributed by atoms with van der Waals surface area (Å²) in [5, 5.41) is 32.3. The fraction of sp³-hybridized carbons (Fsp3) is 0.731. The van der Waals surface area contributed by atoms with Gasteiger partial charge in [-0.15, -0.1) is 0 Å². The number of aliphatic hydroxyl groups excluding tert-OH is 3. The number of amides is 1. The summed E-state index contributed by atoms with van der Waals surface area (Å²) < 4.78 is 0. The molecule has 31 heavy (non-hydrogen) atoms. The van der Waals surface area contributed by atoms with Crippen molar-refractivity contribution >= 4 is 5.91 Å². The highest BCUT2D eigenvalue weighted by Gasteiger charge is 2.19. The molecule has 0 aliphatic rings. The van der Waals surface area contributed by atoms with Crippen molar-refractivity contribution in [1.82, 2.24) is 5.32 Å². The van der Waals surface area contributed by atoms with Crippen LogP contribution in [0.15, 0.2) is 36.5 Å². The van der Waals surface area contributed by atoms with Crippen LogP contribution in [0.2, 0.25) is 0 Å². The van der Waals surface area contributed by atoms with Gasteiger partial charge in [-0.25, -0.2) is 0 Å². The molecule has 0 bridgehead atoms. The number of aliphatic hydroxyl groups is 3. The molecule has 180 valence electrons. The summed E-state index contributed by atoms with van der Waals surface area (Å²) in [4.78, 5) is 12.1. The van der Waals surface area contributed by atoms with Gasteiger partial charge in [0.1, 0.15) is 0 Å². The average Bonchev–Trinajstić information content (AvgIpc) is 2.75. The molecule has 5 nitrogen and oxygen atoms in total. The Morgan fingerprint density at radius 3 is 2.06 bits per heavy atom. The minimum atomic E-state index is -0.956. The van der Waals surface area contributed by atoms with Gasteiger partial charge in [-0.05, 0) is 44.9 Å². The van der Waals surface area contributed by atoms with E-state index in [1.54, 1.807) is 6.08 Å². The molecule has 0 aliphatic heterocycles. The van der Waals surface area contributed by atoms with Crippen LogP contribution in [-0.4, -0.2) is 46.1 Å². The lowest BCUT2D eigenvalue weighted by molar-refractivity contribution is -0.124. The maximum Gasteiger partial charge on any atom is 0.223 e. The summed E-state index contributed by atoms with van der Waals surface area (Å²) in [6.45, 7) is 4.02. The van der Waals surface area contributed by atoms with E-state index in [-0.39, 0.29) is 18.9 Å². The Balaban J connectivity index is 4.08. The molecule has 0 aromatic carbocycles. The zero-order valence-electron chi connectivity index (χ0n) is 19.8. The first kappa shape index (κ1) is 29.6. The summed E-state index contributed by atoms with van der Waals surface area (Å²) in [7, 11) is 0. The van der Waals surface area contributed by atoms with Gasteiger partial charge < -0.3 is 20.6 Å². The van der Waals surface area contributed by atoms with Crippen LogP contribution in [0.25, 0.3) is 0 Å². The van der Waals surface area contributed by atoms with Gasteiger partial charge in [0.2, 0.25) is 5.91 Å². The second-order valence-electron chi connectivity index (χ2n) is 8.23. The first-order valence-electron chi connectivity index (χ1n) is 12.3. The Bertz CT molecular complexity index is 502. The Morgan fingerprint density at radius 2 is 1.39 bits per heavy atom. The molecule has 0 saturated heterocycles. The predicted octanol–water partition coefficient (Wildman–Crippen LogP) is 4.97. The minimum Gasteiger partial charge on any atom is -0.394 e. The first-order chi connectivity index (χ1) is 15.0. The van der Waals surface area contributed by atoms with Crippen LogP contribution in [0.3, 0.4) is 0 Å². The van der Waals surface area contributed by atoms with Crippen molar-refractivity contribution in [2.45, 2.75) is 116 Å². The topological polar surface area (TPSA) is 89.8 Å². The summed E-state index contributed by atoms with van der Waals surface area (Å²) >= 11 is 0. The number of carbonyl (C=O) groups excluding carboxylic acids is 1. The van der Waals surface area contributed by atoms with Gasteiger partial charge in [0.15, 0.2) is 0 Å². The smallest absolute Gasteiger partial charge is 0.223 e. The monoisotopic (exact) mass is 437 g/mol. The summed E-state index contributed by atoms with van der Waals surface area (Å²) in [6, 6.07) is -0.769. The van der Waals surface area contributed by atoms with Gasteiger partial charge in [0.25, 0.3) is 0 Å². The quantitative estimate of drug-likeness (QED) is 0.160. The number of nitrogens with one attached hydrogen (secondary N) is 1. The zero-order valence-corrected chi connectivity index (χ0v) is 19.8. The molecule has 0 spiro atoms. The molecule has 3 atom stereocenters. The van der Waals surface area contributed by atoms with Crippen molar-refractivity contribution in [2.75, 3.05) is 6.61 Å². The molecule has 0 radical (unpaired) electrons. The number of carbonyl (C=O) groups is 1. The lowest BCUT2D eigenvalue weighted by atomic mass is 10.1. The van der Waals surface area contributed by atoms with Gasteiger partial charge >= 0.3 is 0 Å². The fourth-order valence-corrected chi connectivity index (χ4v) is 3.17. The Hall–Kier alpha value is -1.43. The van der Waals surface area contributed by atoms with E-state index in [1.165, 1.54) is 38.5 Å². The first-order valence-corrected chi connectivity index (χ1v) is 12.3. The van der Waals surface area contributed by atoms with E-state index in [1.807, 2.05) is 12.2 Å². The second kappa shape index (κ2) is 21.8. The van der Waals surface area contributed by atoms with E-state index in [4.69, 9.17) is 0 Å². The van der Waals surface area contributed by atoms with Crippen LogP contribution < -0.4 is 5.32 Å².